The summed E-state index contributed by atoms with van der Waals surface area (Å²) in [5.41, 5.74) is 1.13. The molecule has 2 aromatic carbocycles. The van der Waals surface area contributed by atoms with E-state index in [1.807, 2.05) is 20.8 Å². The number of carbonyl (C=O) groups is 1. The first-order valence-corrected chi connectivity index (χ1v) is 10.0. The Labute approximate surface area is 179 Å². The van der Waals surface area contributed by atoms with E-state index in [0.717, 1.165) is 5.39 Å². The molecule has 0 atom stereocenters. The summed E-state index contributed by atoms with van der Waals surface area (Å²) in [6.45, 7) is 6.55. The first kappa shape index (κ1) is 20.3. The lowest BCUT2D eigenvalue weighted by atomic mass is 10.0. The second kappa shape index (κ2) is 7.72. The number of ether oxygens (including phenoxy) is 1. The molecule has 1 aliphatic rings. The highest BCUT2D eigenvalue weighted by Crippen LogP contribution is 2.35. The van der Waals surface area contributed by atoms with E-state index in [4.69, 9.17) is 16.3 Å². The first-order chi connectivity index (χ1) is 14.2. The predicted octanol–water partition coefficient (Wildman–Crippen LogP) is 5.12. The maximum Gasteiger partial charge on any atom is 0.410 e. The van der Waals surface area contributed by atoms with E-state index >= 15 is 0 Å². The summed E-state index contributed by atoms with van der Waals surface area (Å²) in [5.74, 6) is 0.277. The van der Waals surface area contributed by atoms with Gasteiger partial charge in [-0.15, -0.1) is 0 Å². The molecule has 30 heavy (non-hydrogen) atoms. The van der Waals surface area contributed by atoms with Crippen molar-refractivity contribution in [1.82, 2.24) is 14.9 Å². The van der Waals surface area contributed by atoms with Gasteiger partial charge in [-0.2, -0.15) is 0 Å². The zero-order valence-electron chi connectivity index (χ0n) is 16.9. The van der Waals surface area contributed by atoms with Gasteiger partial charge < -0.3 is 15.0 Å². The summed E-state index contributed by atoms with van der Waals surface area (Å²) < 4.78 is 19.6. The molecule has 4 rings (SSSR count). The maximum absolute atomic E-state index is 14.2. The summed E-state index contributed by atoms with van der Waals surface area (Å²) in [6.07, 6.45) is 1.12. The fraction of sp³-hybridized carbons (Fsp3) is 0.318. The zero-order valence-corrected chi connectivity index (χ0v) is 17.7. The highest BCUT2D eigenvalue weighted by molar-refractivity contribution is 6.34. The van der Waals surface area contributed by atoms with Gasteiger partial charge >= 0.3 is 6.09 Å². The van der Waals surface area contributed by atoms with Crippen LogP contribution in [0.5, 0.6) is 0 Å². The van der Waals surface area contributed by atoms with Crippen molar-refractivity contribution in [2.45, 2.75) is 32.4 Å². The van der Waals surface area contributed by atoms with Crippen molar-refractivity contribution in [1.29, 1.82) is 0 Å². The van der Waals surface area contributed by atoms with E-state index < -0.39 is 5.60 Å². The summed E-state index contributed by atoms with van der Waals surface area (Å²) in [7, 11) is 0. The van der Waals surface area contributed by atoms with Crippen LogP contribution in [0, 0.1) is 5.82 Å². The van der Waals surface area contributed by atoms with Crippen LogP contribution < -0.4 is 5.32 Å². The number of anilines is 1. The van der Waals surface area contributed by atoms with Gasteiger partial charge in [0.2, 0.25) is 0 Å². The van der Waals surface area contributed by atoms with Gasteiger partial charge in [-0.25, -0.2) is 19.2 Å². The van der Waals surface area contributed by atoms with Crippen molar-refractivity contribution in [2.75, 3.05) is 18.4 Å². The first-order valence-electron chi connectivity index (χ1n) is 9.65. The maximum atomic E-state index is 14.2. The van der Waals surface area contributed by atoms with Gasteiger partial charge in [0.25, 0.3) is 0 Å². The second-order valence-corrected chi connectivity index (χ2v) is 8.69. The minimum atomic E-state index is -0.523. The van der Waals surface area contributed by atoms with Gasteiger partial charge in [-0.3, -0.25) is 0 Å². The lowest BCUT2D eigenvalue weighted by Gasteiger charge is -2.40. The predicted molar refractivity (Wildman–Crippen MR) is 115 cm³/mol. The van der Waals surface area contributed by atoms with E-state index in [-0.39, 0.29) is 18.0 Å². The Hall–Kier alpha value is -2.93. The number of amides is 1. The SMILES string of the molecule is CC(C)(C)OC(=O)N1CC(Nc2ncnc3cc(-c4ccccc4F)c(Cl)cc23)C1. The van der Waals surface area contributed by atoms with Gasteiger partial charge in [-0.05, 0) is 39.0 Å². The quantitative estimate of drug-likeness (QED) is 0.627. The molecule has 0 unspecified atom stereocenters. The molecule has 1 aromatic heterocycles. The molecule has 0 radical (unpaired) electrons. The van der Waals surface area contributed by atoms with E-state index in [2.05, 4.69) is 15.3 Å². The number of aromatic nitrogens is 2. The number of hydrogen-bond acceptors (Lipinski definition) is 5. The molecule has 1 N–H and O–H groups in total. The van der Waals surface area contributed by atoms with Crippen LogP contribution in [-0.4, -0.2) is 45.7 Å². The molecule has 0 saturated carbocycles. The molecule has 1 aliphatic heterocycles. The van der Waals surface area contributed by atoms with Crippen LogP contribution in [0.15, 0.2) is 42.7 Å². The number of hydrogen-bond donors (Lipinski definition) is 1. The van der Waals surface area contributed by atoms with Crippen molar-refractivity contribution >= 4 is 34.4 Å². The number of rotatable bonds is 3. The fourth-order valence-corrected chi connectivity index (χ4v) is 3.58. The van der Waals surface area contributed by atoms with Crippen LogP contribution in [0.1, 0.15) is 20.8 Å². The number of benzene rings is 2. The van der Waals surface area contributed by atoms with Crippen molar-refractivity contribution in [3.63, 3.8) is 0 Å². The topological polar surface area (TPSA) is 67.3 Å². The minimum absolute atomic E-state index is 0.0423. The van der Waals surface area contributed by atoms with Gasteiger partial charge in [0.1, 0.15) is 23.6 Å². The van der Waals surface area contributed by atoms with E-state index in [1.54, 1.807) is 35.2 Å². The molecule has 1 amide bonds. The average Bonchev–Trinajstić information content (AvgIpc) is 2.63. The molecule has 2 heterocycles. The van der Waals surface area contributed by atoms with Crippen molar-refractivity contribution in [3.8, 4) is 11.1 Å². The van der Waals surface area contributed by atoms with Crippen LogP contribution >= 0.6 is 11.6 Å². The van der Waals surface area contributed by atoms with Crippen molar-refractivity contribution in [3.05, 3.63) is 53.6 Å². The third kappa shape index (κ3) is 4.16. The molecule has 0 bridgehead atoms. The summed E-state index contributed by atoms with van der Waals surface area (Å²) in [5, 5.41) is 4.48. The van der Waals surface area contributed by atoms with Gasteiger partial charge in [0.15, 0.2) is 0 Å². The zero-order chi connectivity index (χ0) is 21.5. The average molecular weight is 429 g/mol. The molecule has 1 saturated heterocycles. The molecule has 1 fully saturated rings. The Kier molecular flexibility index (Phi) is 5.24. The minimum Gasteiger partial charge on any atom is -0.444 e. The molecule has 6 nitrogen and oxygen atoms in total. The van der Waals surface area contributed by atoms with Gasteiger partial charge in [0, 0.05) is 34.6 Å². The van der Waals surface area contributed by atoms with E-state index in [9.17, 15) is 9.18 Å². The van der Waals surface area contributed by atoms with Crippen LogP contribution in [0.4, 0.5) is 15.0 Å². The highest BCUT2D eigenvalue weighted by Gasteiger charge is 2.34. The standard InChI is InChI=1S/C22H22ClFN4O2/c1-22(2,3)30-21(29)28-10-13(11-28)27-20-16-8-17(23)15(9-19(16)25-12-26-20)14-6-4-5-7-18(14)24/h4-9,12-13H,10-11H2,1-3H3,(H,25,26,27). The molecule has 8 heteroatoms. The molecular formula is C22H22ClFN4O2. The third-order valence-electron chi connectivity index (χ3n) is 4.76. The number of halogens is 2. The van der Waals surface area contributed by atoms with E-state index in [0.29, 0.717) is 40.6 Å². The Bertz CT molecular complexity index is 1110. The molecule has 156 valence electrons. The highest BCUT2D eigenvalue weighted by atomic mass is 35.5. The van der Waals surface area contributed by atoms with Crippen LogP contribution in [0.25, 0.3) is 22.0 Å². The molecule has 0 spiro atoms. The van der Waals surface area contributed by atoms with Gasteiger partial charge in [-0.1, -0.05) is 29.8 Å². The second-order valence-electron chi connectivity index (χ2n) is 8.28. The summed E-state index contributed by atoms with van der Waals surface area (Å²) >= 11 is 6.47. The number of fused-ring (bicyclic) bond motifs is 1. The number of nitrogens with zero attached hydrogens (tertiary/aromatic N) is 3. The molecule has 3 aromatic rings. The number of nitrogens with one attached hydrogen (secondary N) is 1. The van der Waals surface area contributed by atoms with Crippen molar-refractivity contribution in [2.24, 2.45) is 0 Å². The van der Waals surface area contributed by atoms with Crippen LogP contribution in [0.2, 0.25) is 5.02 Å². The smallest absolute Gasteiger partial charge is 0.410 e. The number of carbonyl (C=O) groups excluding carboxylic acids is 1. The van der Waals surface area contributed by atoms with Crippen LogP contribution in [-0.2, 0) is 4.74 Å². The van der Waals surface area contributed by atoms with Crippen LogP contribution in [0.3, 0.4) is 0 Å². The van der Waals surface area contributed by atoms with E-state index in [1.165, 1.54) is 12.4 Å². The fourth-order valence-electron chi connectivity index (χ4n) is 3.32. The Morgan fingerprint density at radius 2 is 1.93 bits per heavy atom. The Balaban J connectivity index is 1.53. The lowest BCUT2D eigenvalue weighted by molar-refractivity contribution is 0.0105. The molecular weight excluding hydrogens is 407 g/mol. The number of likely N-dealkylation sites (tertiary alicyclic amines) is 1. The summed E-state index contributed by atoms with van der Waals surface area (Å²) in [4.78, 5) is 22.4. The largest absolute Gasteiger partial charge is 0.444 e. The Morgan fingerprint density at radius 3 is 2.63 bits per heavy atom. The normalized spacial score (nSPS) is 14.5. The Morgan fingerprint density at radius 1 is 1.20 bits per heavy atom. The monoisotopic (exact) mass is 428 g/mol. The molecule has 0 aliphatic carbocycles. The summed E-state index contributed by atoms with van der Waals surface area (Å²) in [6, 6.07) is 10.0. The van der Waals surface area contributed by atoms with Crippen molar-refractivity contribution < 1.29 is 13.9 Å². The third-order valence-corrected chi connectivity index (χ3v) is 5.07. The van der Waals surface area contributed by atoms with Gasteiger partial charge in [0.05, 0.1) is 11.6 Å². The lowest BCUT2D eigenvalue weighted by Crippen LogP contribution is -2.58.